The van der Waals surface area contributed by atoms with Crippen LogP contribution in [-0.2, 0) is 10.2 Å². The molecule has 0 bridgehead atoms. The lowest BCUT2D eigenvalue weighted by Gasteiger charge is -2.22. The molecule has 0 aliphatic rings. The zero-order chi connectivity index (χ0) is 13.2. The maximum atomic E-state index is 11.8. The Morgan fingerprint density at radius 1 is 1.35 bits per heavy atom. The quantitative estimate of drug-likeness (QED) is 0.823. The highest BCUT2D eigenvalue weighted by molar-refractivity contribution is 7.90. The van der Waals surface area contributed by atoms with Gasteiger partial charge in [0.1, 0.15) is 5.82 Å². The van der Waals surface area contributed by atoms with Crippen LogP contribution in [0.4, 0.5) is 5.82 Å². The lowest BCUT2D eigenvalue weighted by atomic mass is 10.3. The Kier molecular flexibility index (Phi) is 3.69. The summed E-state index contributed by atoms with van der Waals surface area (Å²) in [5, 5.41) is 8.80. The van der Waals surface area contributed by atoms with E-state index in [2.05, 4.69) is 4.98 Å². The summed E-state index contributed by atoms with van der Waals surface area (Å²) in [6.07, 6.45) is 1.25. The first-order valence-corrected chi connectivity index (χ1v) is 6.02. The molecule has 0 fully saturated rings. The summed E-state index contributed by atoms with van der Waals surface area (Å²) in [4.78, 5) is 14.6. The van der Waals surface area contributed by atoms with E-state index in [4.69, 9.17) is 5.11 Å². The first-order chi connectivity index (χ1) is 7.76. The predicted molar refractivity (Wildman–Crippen MR) is 62.2 cm³/mol. The van der Waals surface area contributed by atoms with Crippen LogP contribution in [0.15, 0.2) is 18.3 Å². The van der Waals surface area contributed by atoms with Crippen molar-refractivity contribution < 1.29 is 18.3 Å². The summed E-state index contributed by atoms with van der Waals surface area (Å²) in [6.45, 7) is 0. The molecule has 1 heterocycles. The highest BCUT2D eigenvalue weighted by atomic mass is 32.2. The molecule has 1 aromatic rings. The van der Waals surface area contributed by atoms with Crippen LogP contribution in [0.25, 0.3) is 0 Å². The van der Waals surface area contributed by atoms with Crippen LogP contribution >= 0.6 is 0 Å². The zero-order valence-electron chi connectivity index (χ0n) is 9.65. The number of pyridine rings is 1. The second-order valence-electron chi connectivity index (χ2n) is 3.47. The van der Waals surface area contributed by atoms with Gasteiger partial charge in [0, 0.05) is 27.3 Å². The van der Waals surface area contributed by atoms with E-state index in [0.29, 0.717) is 0 Å². The molecule has 1 aromatic heterocycles. The van der Waals surface area contributed by atoms with Crippen LogP contribution < -0.4 is 4.31 Å². The van der Waals surface area contributed by atoms with E-state index < -0.39 is 16.2 Å². The molecular weight excluding hydrogens is 246 g/mol. The van der Waals surface area contributed by atoms with Crippen LogP contribution in [0.5, 0.6) is 0 Å². The second kappa shape index (κ2) is 4.68. The van der Waals surface area contributed by atoms with Crippen molar-refractivity contribution >= 4 is 22.0 Å². The van der Waals surface area contributed by atoms with E-state index in [1.807, 2.05) is 0 Å². The van der Waals surface area contributed by atoms with Gasteiger partial charge < -0.3 is 5.11 Å². The van der Waals surface area contributed by atoms with E-state index in [1.165, 1.54) is 39.5 Å². The zero-order valence-corrected chi connectivity index (χ0v) is 10.5. The Morgan fingerprint density at radius 3 is 2.41 bits per heavy atom. The average Bonchev–Trinajstić information content (AvgIpc) is 2.27. The first-order valence-electron chi connectivity index (χ1n) is 4.62. The minimum Gasteiger partial charge on any atom is -0.478 e. The Hall–Kier alpha value is -1.67. The number of aromatic carboxylic acids is 1. The fourth-order valence-electron chi connectivity index (χ4n) is 1.09. The summed E-state index contributed by atoms with van der Waals surface area (Å²) >= 11 is 0. The largest absolute Gasteiger partial charge is 0.478 e. The Balaban J connectivity index is 3.18. The highest BCUT2D eigenvalue weighted by Crippen LogP contribution is 2.15. The summed E-state index contributed by atoms with van der Waals surface area (Å²) in [6, 6.07) is 2.49. The minimum atomic E-state index is -3.66. The Morgan fingerprint density at radius 2 is 1.94 bits per heavy atom. The van der Waals surface area contributed by atoms with Crippen molar-refractivity contribution in [3.05, 3.63) is 23.9 Å². The molecular formula is C9H13N3O4S. The molecule has 7 nitrogen and oxygen atoms in total. The SMILES string of the molecule is CN(C)S(=O)(=O)N(C)c1cc(C(=O)O)ccn1. The molecule has 1 N–H and O–H groups in total. The third-order valence-corrected chi connectivity index (χ3v) is 3.92. The summed E-state index contributed by atoms with van der Waals surface area (Å²) in [7, 11) is 0.411. The molecule has 17 heavy (non-hydrogen) atoms. The van der Waals surface area contributed by atoms with Crippen LogP contribution in [0, 0.1) is 0 Å². The number of carbonyl (C=O) groups is 1. The fraction of sp³-hybridized carbons (Fsp3) is 0.333. The summed E-state index contributed by atoms with van der Waals surface area (Å²) in [5.74, 6) is -1.08. The van der Waals surface area contributed by atoms with Crippen LogP contribution in [0.3, 0.4) is 0 Å². The van der Waals surface area contributed by atoms with Gasteiger partial charge in [-0.25, -0.2) is 14.1 Å². The third-order valence-electron chi connectivity index (χ3n) is 2.12. The number of aromatic nitrogens is 1. The molecule has 0 aliphatic heterocycles. The Labute approximate surface area is 99.5 Å². The number of hydrogen-bond acceptors (Lipinski definition) is 4. The van der Waals surface area contributed by atoms with E-state index in [9.17, 15) is 13.2 Å². The molecule has 0 saturated heterocycles. The number of carboxylic acid groups (broad SMARTS) is 1. The van der Waals surface area contributed by atoms with Gasteiger partial charge in [0.05, 0.1) is 5.56 Å². The van der Waals surface area contributed by atoms with Crippen molar-refractivity contribution in [1.29, 1.82) is 0 Å². The molecule has 0 spiro atoms. The topological polar surface area (TPSA) is 90.8 Å². The van der Waals surface area contributed by atoms with Crippen molar-refractivity contribution in [1.82, 2.24) is 9.29 Å². The first kappa shape index (κ1) is 13.4. The molecule has 0 atom stereocenters. The molecule has 94 valence electrons. The molecule has 1 rings (SSSR count). The third kappa shape index (κ3) is 2.71. The molecule has 0 amide bonds. The maximum absolute atomic E-state index is 11.8. The molecule has 0 radical (unpaired) electrons. The van der Waals surface area contributed by atoms with Gasteiger partial charge in [-0.05, 0) is 12.1 Å². The van der Waals surface area contributed by atoms with E-state index >= 15 is 0 Å². The monoisotopic (exact) mass is 259 g/mol. The smallest absolute Gasteiger partial charge is 0.335 e. The Bertz CT molecular complexity index is 527. The molecule has 0 saturated carbocycles. The number of nitrogens with zero attached hydrogens (tertiary/aromatic N) is 3. The van der Waals surface area contributed by atoms with E-state index in [-0.39, 0.29) is 11.4 Å². The van der Waals surface area contributed by atoms with Crippen molar-refractivity contribution in [2.45, 2.75) is 0 Å². The van der Waals surface area contributed by atoms with Gasteiger partial charge in [0.2, 0.25) is 0 Å². The minimum absolute atomic E-state index is 0.0178. The van der Waals surface area contributed by atoms with Crippen molar-refractivity contribution in [2.75, 3.05) is 25.4 Å². The van der Waals surface area contributed by atoms with Gasteiger partial charge in [-0.1, -0.05) is 0 Å². The summed E-state index contributed by atoms with van der Waals surface area (Å²) in [5.41, 5.74) is -0.0178. The van der Waals surface area contributed by atoms with Crippen LogP contribution in [-0.4, -0.2) is 49.9 Å². The van der Waals surface area contributed by atoms with Crippen LogP contribution in [0.2, 0.25) is 0 Å². The van der Waals surface area contributed by atoms with Gasteiger partial charge in [-0.2, -0.15) is 12.7 Å². The second-order valence-corrected chi connectivity index (χ2v) is 5.64. The molecule has 8 heteroatoms. The lowest BCUT2D eigenvalue weighted by molar-refractivity contribution is 0.0696. The van der Waals surface area contributed by atoms with Gasteiger partial charge in [0.25, 0.3) is 0 Å². The van der Waals surface area contributed by atoms with Gasteiger partial charge in [0.15, 0.2) is 0 Å². The lowest BCUT2D eigenvalue weighted by Crippen LogP contribution is -2.37. The normalized spacial score (nSPS) is 11.5. The van der Waals surface area contributed by atoms with Crippen molar-refractivity contribution in [3.8, 4) is 0 Å². The molecule has 0 aromatic carbocycles. The van der Waals surface area contributed by atoms with E-state index in [1.54, 1.807) is 0 Å². The van der Waals surface area contributed by atoms with Crippen LogP contribution in [0.1, 0.15) is 10.4 Å². The predicted octanol–water partition coefficient (Wildman–Crippen LogP) is 0.0224. The van der Waals surface area contributed by atoms with E-state index in [0.717, 1.165) is 8.61 Å². The maximum Gasteiger partial charge on any atom is 0.335 e. The van der Waals surface area contributed by atoms with Gasteiger partial charge >= 0.3 is 16.2 Å². The highest BCUT2D eigenvalue weighted by Gasteiger charge is 2.22. The number of anilines is 1. The van der Waals surface area contributed by atoms with Gasteiger partial charge in [-0.3, -0.25) is 0 Å². The number of hydrogen-bond donors (Lipinski definition) is 1. The molecule has 0 aliphatic carbocycles. The van der Waals surface area contributed by atoms with Gasteiger partial charge in [-0.15, -0.1) is 0 Å². The standard InChI is InChI=1S/C9H13N3O4S/c1-11(2)17(15,16)12(3)8-6-7(9(13)14)4-5-10-8/h4-6H,1-3H3,(H,13,14). The van der Waals surface area contributed by atoms with Crippen molar-refractivity contribution in [2.24, 2.45) is 0 Å². The number of carboxylic acids is 1. The fourth-order valence-corrected chi connectivity index (χ4v) is 1.91. The average molecular weight is 259 g/mol. The van der Waals surface area contributed by atoms with Crippen molar-refractivity contribution in [3.63, 3.8) is 0 Å². The molecule has 0 unspecified atom stereocenters. The summed E-state index contributed by atoms with van der Waals surface area (Å²) < 4.78 is 25.5. The number of rotatable bonds is 4.